The van der Waals surface area contributed by atoms with Gasteiger partial charge in [0, 0.05) is 27.9 Å². The zero-order valence-electron chi connectivity index (χ0n) is 24.6. The highest BCUT2D eigenvalue weighted by Crippen LogP contribution is 2.39. The van der Waals surface area contributed by atoms with E-state index < -0.39 is 0 Å². The highest BCUT2D eigenvalue weighted by atomic mass is 35.5. The van der Waals surface area contributed by atoms with Gasteiger partial charge in [-0.25, -0.2) is 4.39 Å². The molecule has 6 rings (SSSR count). The first-order chi connectivity index (χ1) is 21.5. The quantitative estimate of drug-likeness (QED) is 0.168. The third-order valence-corrected chi connectivity index (χ3v) is 8.60. The standard InChI is InChI=1S/C39H35ClFNO2/c40-32-17-10-18-33(24-32)42(26-28-11-3-1-4-12-28)39(43)31-16-9-13-29(23-31)27-44-34-21-22-37(38(41)25-34)36-20-8-7-19-35(36)30-14-5-2-6-15-30/h1,3-4,7-13,16-25,30H,2,5-6,14-15,26-27H2. The second kappa shape index (κ2) is 13.9. The van der Waals surface area contributed by atoms with E-state index in [-0.39, 0.29) is 18.3 Å². The summed E-state index contributed by atoms with van der Waals surface area (Å²) in [6.07, 6.45) is 6.05. The summed E-state index contributed by atoms with van der Waals surface area (Å²) in [6, 6.07) is 37.8. The number of nitrogens with zero attached hydrogens (tertiary/aromatic N) is 1. The summed E-state index contributed by atoms with van der Waals surface area (Å²) in [5.41, 5.74) is 5.87. The number of hydrogen-bond acceptors (Lipinski definition) is 2. The molecule has 5 heteroatoms. The number of halogens is 2. The predicted molar refractivity (Wildman–Crippen MR) is 177 cm³/mol. The van der Waals surface area contributed by atoms with Crippen molar-refractivity contribution >= 4 is 23.2 Å². The second-order valence-electron chi connectivity index (χ2n) is 11.4. The van der Waals surface area contributed by atoms with Gasteiger partial charge in [-0.3, -0.25) is 4.79 Å². The van der Waals surface area contributed by atoms with Crippen LogP contribution in [0.2, 0.25) is 5.02 Å². The van der Waals surface area contributed by atoms with Crippen LogP contribution in [0.4, 0.5) is 10.1 Å². The van der Waals surface area contributed by atoms with Gasteiger partial charge in [-0.1, -0.05) is 104 Å². The van der Waals surface area contributed by atoms with Gasteiger partial charge >= 0.3 is 0 Å². The van der Waals surface area contributed by atoms with Crippen LogP contribution in [-0.2, 0) is 13.2 Å². The molecule has 1 aliphatic carbocycles. The minimum Gasteiger partial charge on any atom is -0.489 e. The maximum Gasteiger partial charge on any atom is 0.258 e. The molecule has 0 radical (unpaired) electrons. The summed E-state index contributed by atoms with van der Waals surface area (Å²) in [5.74, 6) is 0.480. The average Bonchev–Trinajstić information content (AvgIpc) is 3.07. The van der Waals surface area contributed by atoms with Crippen LogP contribution in [0.3, 0.4) is 0 Å². The van der Waals surface area contributed by atoms with Crippen LogP contribution in [-0.4, -0.2) is 5.91 Å². The molecule has 1 fully saturated rings. The van der Waals surface area contributed by atoms with E-state index in [0.717, 1.165) is 29.5 Å². The number of carbonyl (C=O) groups is 1. The van der Waals surface area contributed by atoms with Crippen molar-refractivity contribution in [1.82, 2.24) is 0 Å². The van der Waals surface area contributed by atoms with Crippen LogP contribution in [0.15, 0.2) is 121 Å². The van der Waals surface area contributed by atoms with E-state index in [1.807, 2.05) is 84.9 Å². The van der Waals surface area contributed by atoms with Crippen molar-refractivity contribution in [3.8, 4) is 16.9 Å². The van der Waals surface area contributed by atoms with E-state index in [0.29, 0.717) is 40.0 Å². The Morgan fingerprint density at radius 1 is 0.750 bits per heavy atom. The molecule has 5 aromatic rings. The zero-order valence-corrected chi connectivity index (χ0v) is 25.3. The molecule has 0 aliphatic heterocycles. The molecule has 0 atom stereocenters. The molecular formula is C39H35ClFNO2. The monoisotopic (exact) mass is 603 g/mol. The Hall–Kier alpha value is -4.41. The first kappa shape index (κ1) is 29.7. The van der Waals surface area contributed by atoms with Crippen molar-refractivity contribution in [1.29, 1.82) is 0 Å². The van der Waals surface area contributed by atoms with Crippen LogP contribution < -0.4 is 9.64 Å². The number of ether oxygens (including phenoxy) is 1. The lowest BCUT2D eigenvalue weighted by atomic mass is 9.81. The van der Waals surface area contributed by atoms with Gasteiger partial charge in [0.1, 0.15) is 18.2 Å². The molecule has 0 heterocycles. The molecular weight excluding hydrogens is 569 g/mol. The van der Waals surface area contributed by atoms with Gasteiger partial charge in [0.2, 0.25) is 0 Å². The topological polar surface area (TPSA) is 29.5 Å². The normalized spacial score (nSPS) is 13.4. The maximum atomic E-state index is 15.5. The van der Waals surface area contributed by atoms with Crippen LogP contribution in [0.5, 0.6) is 5.75 Å². The molecule has 0 unspecified atom stereocenters. The lowest BCUT2D eigenvalue weighted by molar-refractivity contribution is 0.0985. The maximum absolute atomic E-state index is 15.5. The summed E-state index contributed by atoms with van der Waals surface area (Å²) in [4.78, 5) is 15.6. The van der Waals surface area contributed by atoms with E-state index in [2.05, 4.69) is 12.1 Å². The molecule has 0 N–H and O–H groups in total. The van der Waals surface area contributed by atoms with Gasteiger partial charge < -0.3 is 9.64 Å². The Bertz CT molecular complexity index is 1730. The van der Waals surface area contributed by atoms with E-state index in [4.69, 9.17) is 16.3 Å². The van der Waals surface area contributed by atoms with Gasteiger partial charge in [0.05, 0.1) is 6.54 Å². The number of hydrogen-bond donors (Lipinski definition) is 0. The second-order valence-corrected chi connectivity index (χ2v) is 11.8. The predicted octanol–water partition coefficient (Wildman–Crippen LogP) is 10.6. The first-order valence-electron chi connectivity index (χ1n) is 15.3. The molecule has 3 nitrogen and oxygen atoms in total. The highest BCUT2D eigenvalue weighted by molar-refractivity contribution is 6.31. The minimum atomic E-state index is -0.298. The number of carbonyl (C=O) groups excluding carboxylic acids is 1. The van der Waals surface area contributed by atoms with E-state index in [1.54, 1.807) is 23.1 Å². The molecule has 0 saturated heterocycles. The van der Waals surface area contributed by atoms with Gasteiger partial charge in [-0.05, 0) is 83.5 Å². The van der Waals surface area contributed by atoms with Crippen LogP contribution in [0.1, 0.15) is 65.1 Å². The molecule has 0 aromatic heterocycles. The number of rotatable bonds is 9. The molecule has 222 valence electrons. The van der Waals surface area contributed by atoms with Crippen LogP contribution in [0, 0.1) is 5.82 Å². The number of benzene rings is 5. The first-order valence-corrected chi connectivity index (χ1v) is 15.6. The van der Waals surface area contributed by atoms with Crippen molar-refractivity contribution in [2.24, 2.45) is 0 Å². The average molecular weight is 604 g/mol. The lowest BCUT2D eigenvalue weighted by Gasteiger charge is -2.24. The SMILES string of the molecule is O=C(c1cccc(COc2ccc(-c3ccccc3C3CCCCC3)c(F)c2)c1)N(Cc1ccccc1)c1cccc(Cl)c1. The van der Waals surface area contributed by atoms with Crippen molar-refractivity contribution < 1.29 is 13.9 Å². The molecule has 0 bridgehead atoms. The van der Waals surface area contributed by atoms with Crippen molar-refractivity contribution in [3.05, 3.63) is 154 Å². The summed E-state index contributed by atoms with van der Waals surface area (Å²) >= 11 is 6.28. The summed E-state index contributed by atoms with van der Waals surface area (Å²) in [7, 11) is 0. The molecule has 1 aliphatic rings. The summed E-state index contributed by atoms with van der Waals surface area (Å²) in [6.45, 7) is 0.602. The smallest absolute Gasteiger partial charge is 0.258 e. The third-order valence-electron chi connectivity index (χ3n) is 8.36. The van der Waals surface area contributed by atoms with Gasteiger partial charge in [-0.15, -0.1) is 0 Å². The lowest BCUT2D eigenvalue weighted by Crippen LogP contribution is -2.30. The highest BCUT2D eigenvalue weighted by Gasteiger charge is 2.21. The number of amides is 1. The van der Waals surface area contributed by atoms with Gasteiger partial charge in [-0.2, -0.15) is 0 Å². The Balaban J connectivity index is 1.18. The zero-order chi connectivity index (χ0) is 30.3. The molecule has 0 spiro atoms. The molecule has 1 amide bonds. The van der Waals surface area contributed by atoms with Crippen molar-refractivity contribution in [2.75, 3.05) is 4.90 Å². The Morgan fingerprint density at radius 3 is 2.30 bits per heavy atom. The van der Waals surface area contributed by atoms with Gasteiger partial charge in [0.15, 0.2) is 0 Å². The third kappa shape index (κ3) is 7.03. The van der Waals surface area contributed by atoms with Crippen LogP contribution in [0.25, 0.3) is 11.1 Å². The summed E-state index contributed by atoms with van der Waals surface area (Å²) < 4.78 is 21.5. The minimum absolute atomic E-state index is 0.148. The fourth-order valence-corrected chi connectivity index (χ4v) is 6.31. The molecule has 1 saturated carbocycles. The Morgan fingerprint density at radius 2 is 1.50 bits per heavy atom. The Kier molecular flexibility index (Phi) is 9.38. The number of anilines is 1. The summed E-state index contributed by atoms with van der Waals surface area (Å²) in [5, 5.41) is 0.561. The van der Waals surface area contributed by atoms with Crippen molar-refractivity contribution in [3.63, 3.8) is 0 Å². The van der Waals surface area contributed by atoms with Gasteiger partial charge in [0.25, 0.3) is 5.91 Å². The fraction of sp³-hybridized carbons (Fsp3) is 0.205. The van der Waals surface area contributed by atoms with E-state index in [9.17, 15) is 4.79 Å². The largest absolute Gasteiger partial charge is 0.489 e. The molecule has 44 heavy (non-hydrogen) atoms. The van der Waals surface area contributed by atoms with E-state index >= 15 is 4.39 Å². The Labute approximate surface area is 263 Å². The van der Waals surface area contributed by atoms with E-state index in [1.165, 1.54) is 30.9 Å². The van der Waals surface area contributed by atoms with Crippen LogP contribution >= 0.6 is 11.6 Å². The molecule has 5 aromatic carbocycles. The fourth-order valence-electron chi connectivity index (χ4n) is 6.12. The van der Waals surface area contributed by atoms with Crippen molar-refractivity contribution in [2.45, 2.75) is 51.2 Å².